The molecular formula is C13H24N2O3. The lowest BCUT2D eigenvalue weighted by molar-refractivity contribution is -0.155. The third-order valence-electron chi connectivity index (χ3n) is 3.40. The summed E-state index contributed by atoms with van der Waals surface area (Å²) in [6.45, 7) is 9.73. The largest absolute Gasteiger partial charge is 0.369 e. The molecule has 5 nitrogen and oxygen atoms in total. The van der Waals surface area contributed by atoms with Gasteiger partial charge in [0, 0.05) is 39.2 Å². The lowest BCUT2D eigenvalue weighted by Gasteiger charge is -2.38. The van der Waals surface area contributed by atoms with Crippen LogP contribution >= 0.6 is 0 Å². The van der Waals surface area contributed by atoms with Gasteiger partial charge in [0.05, 0.1) is 0 Å². The molecule has 0 aromatic heterocycles. The van der Waals surface area contributed by atoms with Crippen molar-refractivity contribution in [1.29, 1.82) is 0 Å². The van der Waals surface area contributed by atoms with Gasteiger partial charge in [-0.15, -0.1) is 0 Å². The van der Waals surface area contributed by atoms with Gasteiger partial charge < -0.3 is 14.5 Å². The van der Waals surface area contributed by atoms with E-state index in [-0.39, 0.29) is 17.7 Å². The van der Waals surface area contributed by atoms with E-state index in [4.69, 9.17) is 4.74 Å². The summed E-state index contributed by atoms with van der Waals surface area (Å²) >= 11 is 0. The van der Waals surface area contributed by atoms with E-state index in [0.29, 0.717) is 26.2 Å². The fourth-order valence-corrected chi connectivity index (χ4v) is 1.96. The van der Waals surface area contributed by atoms with Crippen LogP contribution in [0.3, 0.4) is 0 Å². The van der Waals surface area contributed by atoms with Crippen molar-refractivity contribution in [1.82, 2.24) is 9.80 Å². The number of amides is 2. The Morgan fingerprint density at radius 3 is 1.89 bits per heavy atom. The predicted octanol–water partition coefficient (Wildman–Crippen LogP) is 0.738. The Morgan fingerprint density at radius 2 is 1.50 bits per heavy atom. The summed E-state index contributed by atoms with van der Waals surface area (Å²) in [6.07, 6.45) is 0. The van der Waals surface area contributed by atoms with Gasteiger partial charge in [0.1, 0.15) is 5.60 Å². The summed E-state index contributed by atoms with van der Waals surface area (Å²) in [5.41, 5.74) is -0.787. The van der Waals surface area contributed by atoms with Crippen LogP contribution in [-0.2, 0) is 14.3 Å². The molecule has 1 aliphatic rings. The molecule has 0 aromatic rings. The van der Waals surface area contributed by atoms with Crippen LogP contribution in [-0.4, -0.2) is 60.5 Å². The van der Waals surface area contributed by atoms with Gasteiger partial charge in [0.2, 0.25) is 5.91 Å². The summed E-state index contributed by atoms with van der Waals surface area (Å²) in [6, 6.07) is 0. The molecule has 0 aliphatic carbocycles. The number of hydrogen-bond acceptors (Lipinski definition) is 3. The van der Waals surface area contributed by atoms with Gasteiger partial charge in [-0.3, -0.25) is 9.59 Å². The molecule has 0 bridgehead atoms. The molecule has 1 heterocycles. The number of rotatable bonds is 3. The highest BCUT2D eigenvalue weighted by Gasteiger charge is 2.34. The number of methoxy groups -OCH3 is 1. The van der Waals surface area contributed by atoms with Crippen molar-refractivity contribution in [2.75, 3.05) is 33.3 Å². The van der Waals surface area contributed by atoms with E-state index >= 15 is 0 Å². The van der Waals surface area contributed by atoms with Crippen LogP contribution in [0.15, 0.2) is 0 Å². The van der Waals surface area contributed by atoms with Gasteiger partial charge in [0.25, 0.3) is 5.91 Å². The zero-order valence-corrected chi connectivity index (χ0v) is 12.0. The first-order valence-electron chi connectivity index (χ1n) is 6.43. The van der Waals surface area contributed by atoms with Crippen molar-refractivity contribution in [3.8, 4) is 0 Å². The number of carbonyl (C=O) groups is 2. The smallest absolute Gasteiger partial charge is 0.254 e. The van der Waals surface area contributed by atoms with Gasteiger partial charge in [-0.05, 0) is 13.8 Å². The molecule has 18 heavy (non-hydrogen) atoms. The normalized spacial score (nSPS) is 17.2. The third-order valence-corrected chi connectivity index (χ3v) is 3.40. The summed E-state index contributed by atoms with van der Waals surface area (Å²) in [5, 5.41) is 0. The molecule has 1 saturated heterocycles. The molecule has 104 valence electrons. The van der Waals surface area contributed by atoms with Crippen LogP contribution in [0.25, 0.3) is 0 Å². The Labute approximate surface area is 109 Å². The summed E-state index contributed by atoms with van der Waals surface area (Å²) < 4.78 is 5.19. The molecule has 0 unspecified atom stereocenters. The van der Waals surface area contributed by atoms with Gasteiger partial charge in [-0.1, -0.05) is 13.8 Å². The van der Waals surface area contributed by atoms with E-state index in [1.807, 2.05) is 18.7 Å². The lowest BCUT2D eigenvalue weighted by Crippen LogP contribution is -2.56. The van der Waals surface area contributed by atoms with E-state index in [9.17, 15) is 9.59 Å². The Bertz CT molecular complexity index is 318. The fraction of sp³-hybridized carbons (Fsp3) is 0.846. The third kappa shape index (κ3) is 3.22. The SMILES string of the molecule is COC(C)(C)C(=O)N1CCN(C(=O)C(C)C)CC1. The van der Waals surface area contributed by atoms with Crippen LogP contribution < -0.4 is 0 Å². The minimum absolute atomic E-state index is 0.0124. The molecule has 1 fully saturated rings. The van der Waals surface area contributed by atoms with Crippen LogP contribution in [0.4, 0.5) is 0 Å². The van der Waals surface area contributed by atoms with Gasteiger partial charge in [-0.25, -0.2) is 0 Å². The minimum atomic E-state index is -0.787. The fourth-order valence-electron chi connectivity index (χ4n) is 1.96. The van der Waals surface area contributed by atoms with Crippen molar-refractivity contribution < 1.29 is 14.3 Å². The van der Waals surface area contributed by atoms with Crippen molar-refractivity contribution in [2.24, 2.45) is 5.92 Å². The standard InChI is InChI=1S/C13H24N2O3/c1-10(2)11(16)14-6-8-15(9-7-14)12(17)13(3,4)18-5/h10H,6-9H2,1-5H3. The first-order chi connectivity index (χ1) is 8.29. The maximum atomic E-state index is 12.2. The van der Waals surface area contributed by atoms with Crippen molar-refractivity contribution in [2.45, 2.75) is 33.3 Å². The molecule has 0 aromatic carbocycles. The molecule has 0 atom stereocenters. The second-order valence-electron chi connectivity index (χ2n) is 5.49. The quantitative estimate of drug-likeness (QED) is 0.748. The van der Waals surface area contributed by atoms with Gasteiger partial charge in [-0.2, -0.15) is 0 Å². The minimum Gasteiger partial charge on any atom is -0.369 e. The van der Waals surface area contributed by atoms with E-state index in [1.165, 1.54) is 7.11 Å². The highest BCUT2D eigenvalue weighted by molar-refractivity contribution is 5.85. The predicted molar refractivity (Wildman–Crippen MR) is 69.1 cm³/mol. The van der Waals surface area contributed by atoms with Crippen LogP contribution in [0.1, 0.15) is 27.7 Å². The Morgan fingerprint density at radius 1 is 1.06 bits per heavy atom. The van der Waals surface area contributed by atoms with Crippen LogP contribution in [0.5, 0.6) is 0 Å². The second kappa shape index (κ2) is 5.69. The maximum absolute atomic E-state index is 12.2. The zero-order chi connectivity index (χ0) is 13.9. The lowest BCUT2D eigenvalue weighted by atomic mass is 10.1. The highest BCUT2D eigenvalue weighted by Crippen LogP contribution is 2.15. The molecule has 1 rings (SSSR count). The maximum Gasteiger partial charge on any atom is 0.254 e. The van der Waals surface area contributed by atoms with Crippen molar-refractivity contribution in [3.05, 3.63) is 0 Å². The number of nitrogens with zero attached hydrogens (tertiary/aromatic N) is 2. The van der Waals surface area contributed by atoms with Crippen LogP contribution in [0, 0.1) is 5.92 Å². The van der Waals surface area contributed by atoms with Crippen molar-refractivity contribution >= 4 is 11.8 Å². The van der Waals surface area contributed by atoms with Crippen LogP contribution in [0.2, 0.25) is 0 Å². The summed E-state index contributed by atoms with van der Waals surface area (Å²) in [5.74, 6) is 0.164. The summed E-state index contributed by atoms with van der Waals surface area (Å²) in [4.78, 5) is 27.6. The first-order valence-corrected chi connectivity index (χ1v) is 6.43. The number of ether oxygens (including phenoxy) is 1. The molecule has 0 spiro atoms. The Kier molecular flexibility index (Phi) is 4.73. The summed E-state index contributed by atoms with van der Waals surface area (Å²) in [7, 11) is 1.54. The highest BCUT2D eigenvalue weighted by atomic mass is 16.5. The zero-order valence-electron chi connectivity index (χ0n) is 12.0. The van der Waals surface area contributed by atoms with E-state index in [2.05, 4.69) is 0 Å². The molecule has 1 aliphatic heterocycles. The Hall–Kier alpha value is -1.10. The Balaban J connectivity index is 2.54. The average molecular weight is 256 g/mol. The average Bonchev–Trinajstić information content (AvgIpc) is 2.37. The van der Waals surface area contributed by atoms with Gasteiger partial charge in [0.15, 0.2) is 0 Å². The molecular weight excluding hydrogens is 232 g/mol. The van der Waals surface area contributed by atoms with Gasteiger partial charge >= 0.3 is 0 Å². The second-order valence-corrected chi connectivity index (χ2v) is 5.49. The molecule has 0 radical (unpaired) electrons. The molecule has 2 amide bonds. The molecule has 5 heteroatoms. The number of carbonyl (C=O) groups excluding carboxylic acids is 2. The van der Waals surface area contributed by atoms with Crippen molar-refractivity contribution in [3.63, 3.8) is 0 Å². The number of hydrogen-bond donors (Lipinski definition) is 0. The first kappa shape index (κ1) is 15.0. The molecule has 0 saturated carbocycles. The topological polar surface area (TPSA) is 49.9 Å². The van der Waals surface area contributed by atoms with E-state index in [0.717, 1.165) is 0 Å². The number of piperazine rings is 1. The van der Waals surface area contributed by atoms with E-state index in [1.54, 1.807) is 18.7 Å². The molecule has 0 N–H and O–H groups in total. The monoisotopic (exact) mass is 256 g/mol. The van der Waals surface area contributed by atoms with E-state index < -0.39 is 5.60 Å².